The SMILES string of the molecule is Cc1cccc(C(N)=S)c1NC1COc2ccccc21. The van der Waals surface area contributed by atoms with E-state index in [-0.39, 0.29) is 6.04 Å². The van der Waals surface area contributed by atoms with Crippen molar-refractivity contribution >= 4 is 22.9 Å². The molecule has 0 bridgehead atoms. The Morgan fingerprint density at radius 3 is 2.85 bits per heavy atom. The van der Waals surface area contributed by atoms with Crippen molar-refractivity contribution < 1.29 is 4.74 Å². The molecule has 0 saturated carbocycles. The van der Waals surface area contributed by atoms with Crippen LogP contribution >= 0.6 is 12.2 Å². The number of benzene rings is 2. The Morgan fingerprint density at radius 2 is 2.05 bits per heavy atom. The van der Waals surface area contributed by atoms with Gasteiger partial charge in [-0.25, -0.2) is 0 Å². The van der Waals surface area contributed by atoms with Crippen LogP contribution in [0.15, 0.2) is 42.5 Å². The molecular formula is C16H16N2OS. The summed E-state index contributed by atoms with van der Waals surface area (Å²) in [4.78, 5) is 0.406. The first kappa shape index (κ1) is 12.9. The molecule has 0 aromatic heterocycles. The lowest BCUT2D eigenvalue weighted by atomic mass is 10.0. The average Bonchev–Trinajstić information content (AvgIpc) is 2.84. The van der Waals surface area contributed by atoms with Gasteiger partial charge in [-0.05, 0) is 24.6 Å². The first-order valence-electron chi connectivity index (χ1n) is 6.54. The Hall–Kier alpha value is -2.07. The largest absolute Gasteiger partial charge is 0.491 e. The Kier molecular flexibility index (Phi) is 3.32. The van der Waals surface area contributed by atoms with Crippen LogP contribution in [0.3, 0.4) is 0 Å². The molecule has 0 aliphatic carbocycles. The lowest BCUT2D eigenvalue weighted by molar-refractivity contribution is 0.340. The third-order valence-electron chi connectivity index (χ3n) is 3.56. The van der Waals surface area contributed by atoms with E-state index in [1.54, 1.807) is 0 Å². The van der Waals surface area contributed by atoms with E-state index >= 15 is 0 Å². The van der Waals surface area contributed by atoms with Gasteiger partial charge in [-0.3, -0.25) is 0 Å². The molecule has 1 unspecified atom stereocenters. The first-order chi connectivity index (χ1) is 9.66. The quantitative estimate of drug-likeness (QED) is 0.850. The summed E-state index contributed by atoms with van der Waals surface area (Å²) in [6, 6.07) is 14.2. The molecule has 20 heavy (non-hydrogen) atoms. The van der Waals surface area contributed by atoms with Gasteiger partial charge in [0.1, 0.15) is 17.3 Å². The van der Waals surface area contributed by atoms with Crippen molar-refractivity contribution in [3.8, 4) is 5.75 Å². The van der Waals surface area contributed by atoms with Gasteiger partial charge in [0.15, 0.2) is 0 Å². The summed E-state index contributed by atoms with van der Waals surface area (Å²) in [5.41, 5.74) is 9.98. The van der Waals surface area contributed by atoms with E-state index in [1.807, 2.05) is 43.3 Å². The van der Waals surface area contributed by atoms with Gasteiger partial charge in [-0.15, -0.1) is 0 Å². The summed E-state index contributed by atoms with van der Waals surface area (Å²) in [5.74, 6) is 0.940. The summed E-state index contributed by atoms with van der Waals surface area (Å²) < 4.78 is 5.70. The Labute approximate surface area is 123 Å². The maximum Gasteiger partial charge on any atom is 0.124 e. The summed E-state index contributed by atoms with van der Waals surface area (Å²) in [7, 11) is 0. The van der Waals surface area contributed by atoms with Crippen LogP contribution in [0.1, 0.15) is 22.7 Å². The van der Waals surface area contributed by atoms with Crippen LogP contribution in [0.4, 0.5) is 5.69 Å². The lowest BCUT2D eigenvalue weighted by Crippen LogP contribution is -2.18. The standard InChI is InChI=1S/C16H16N2OS/c1-10-5-4-7-12(16(17)20)15(10)18-13-9-19-14-8-3-2-6-11(13)14/h2-8,13,18H,9H2,1H3,(H2,17,20). The predicted octanol–water partition coefficient (Wildman–Crippen LogP) is 3.17. The normalized spacial score (nSPS) is 16.4. The van der Waals surface area contributed by atoms with Gasteiger partial charge in [0.25, 0.3) is 0 Å². The van der Waals surface area contributed by atoms with E-state index < -0.39 is 0 Å². The number of ether oxygens (including phenoxy) is 1. The zero-order chi connectivity index (χ0) is 14.1. The van der Waals surface area contributed by atoms with E-state index in [2.05, 4.69) is 11.4 Å². The highest BCUT2D eigenvalue weighted by Gasteiger charge is 2.24. The van der Waals surface area contributed by atoms with Crippen LogP contribution in [0, 0.1) is 6.92 Å². The highest BCUT2D eigenvalue weighted by atomic mass is 32.1. The third kappa shape index (κ3) is 2.23. The summed E-state index contributed by atoms with van der Waals surface area (Å²) in [6.45, 7) is 2.66. The molecule has 1 heterocycles. The molecule has 0 amide bonds. The smallest absolute Gasteiger partial charge is 0.124 e. The number of aryl methyl sites for hydroxylation is 1. The zero-order valence-corrected chi connectivity index (χ0v) is 12.0. The Bertz CT molecular complexity index is 669. The molecule has 1 aliphatic heterocycles. The predicted molar refractivity (Wildman–Crippen MR) is 85.4 cm³/mol. The highest BCUT2D eigenvalue weighted by Crippen LogP contribution is 2.35. The average molecular weight is 284 g/mol. The van der Waals surface area contributed by atoms with Crippen LogP contribution in [0.25, 0.3) is 0 Å². The fourth-order valence-electron chi connectivity index (χ4n) is 2.52. The van der Waals surface area contributed by atoms with Gasteiger partial charge in [-0.1, -0.05) is 42.5 Å². The topological polar surface area (TPSA) is 47.3 Å². The minimum atomic E-state index is 0.125. The maximum atomic E-state index is 5.81. The number of hydrogen-bond donors (Lipinski definition) is 2. The monoisotopic (exact) mass is 284 g/mol. The van der Waals surface area contributed by atoms with Crippen LogP contribution in [0.2, 0.25) is 0 Å². The molecule has 0 saturated heterocycles. The molecule has 3 rings (SSSR count). The van der Waals surface area contributed by atoms with Crippen molar-refractivity contribution in [2.45, 2.75) is 13.0 Å². The van der Waals surface area contributed by atoms with Crippen LogP contribution in [0.5, 0.6) is 5.75 Å². The summed E-state index contributed by atoms with van der Waals surface area (Å²) in [5, 5.41) is 3.52. The molecule has 4 heteroatoms. The van der Waals surface area contributed by atoms with Crippen molar-refractivity contribution in [1.29, 1.82) is 0 Å². The lowest BCUT2D eigenvalue weighted by Gasteiger charge is -2.18. The molecule has 3 N–H and O–H groups in total. The third-order valence-corrected chi connectivity index (χ3v) is 3.78. The van der Waals surface area contributed by atoms with Gasteiger partial charge in [0, 0.05) is 16.8 Å². The molecule has 1 atom stereocenters. The van der Waals surface area contributed by atoms with E-state index in [0.29, 0.717) is 11.6 Å². The second-order valence-corrected chi connectivity index (χ2v) is 5.35. The van der Waals surface area contributed by atoms with E-state index in [4.69, 9.17) is 22.7 Å². The number of fused-ring (bicyclic) bond motifs is 1. The second kappa shape index (κ2) is 5.13. The fourth-order valence-corrected chi connectivity index (χ4v) is 2.69. The minimum absolute atomic E-state index is 0.125. The molecular weight excluding hydrogens is 268 g/mol. The number of thiocarbonyl (C=S) groups is 1. The molecule has 102 valence electrons. The molecule has 3 nitrogen and oxygen atoms in total. The van der Waals surface area contributed by atoms with Crippen molar-refractivity contribution in [1.82, 2.24) is 0 Å². The Balaban J connectivity index is 1.95. The molecule has 0 radical (unpaired) electrons. The van der Waals surface area contributed by atoms with Crippen LogP contribution in [-0.2, 0) is 0 Å². The molecule has 0 fully saturated rings. The number of rotatable bonds is 3. The molecule has 0 spiro atoms. The van der Waals surface area contributed by atoms with Crippen molar-refractivity contribution in [3.63, 3.8) is 0 Å². The number of hydrogen-bond acceptors (Lipinski definition) is 3. The van der Waals surface area contributed by atoms with Gasteiger partial charge in [0.2, 0.25) is 0 Å². The maximum absolute atomic E-state index is 5.81. The first-order valence-corrected chi connectivity index (χ1v) is 6.95. The van der Waals surface area contributed by atoms with E-state index in [1.165, 1.54) is 5.56 Å². The van der Waals surface area contributed by atoms with Gasteiger partial charge >= 0.3 is 0 Å². The van der Waals surface area contributed by atoms with Crippen molar-refractivity contribution in [2.75, 3.05) is 11.9 Å². The van der Waals surface area contributed by atoms with Crippen LogP contribution in [-0.4, -0.2) is 11.6 Å². The van der Waals surface area contributed by atoms with Crippen LogP contribution < -0.4 is 15.8 Å². The molecule has 1 aliphatic rings. The number of anilines is 1. The Morgan fingerprint density at radius 1 is 1.25 bits per heavy atom. The van der Waals surface area contributed by atoms with Gasteiger partial charge < -0.3 is 15.8 Å². The second-order valence-electron chi connectivity index (χ2n) is 4.91. The molecule has 2 aromatic rings. The van der Waals surface area contributed by atoms with Crippen molar-refractivity contribution in [3.05, 3.63) is 59.2 Å². The number of nitrogens with two attached hydrogens (primary N) is 1. The van der Waals surface area contributed by atoms with Gasteiger partial charge in [0.05, 0.1) is 6.04 Å². The van der Waals surface area contributed by atoms with E-state index in [0.717, 1.165) is 22.6 Å². The molecule has 2 aromatic carbocycles. The van der Waals surface area contributed by atoms with Gasteiger partial charge in [-0.2, -0.15) is 0 Å². The van der Waals surface area contributed by atoms with E-state index in [9.17, 15) is 0 Å². The highest BCUT2D eigenvalue weighted by molar-refractivity contribution is 7.80. The zero-order valence-electron chi connectivity index (χ0n) is 11.2. The minimum Gasteiger partial charge on any atom is -0.491 e. The summed E-state index contributed by atoms with van der Waals surface area (Å²) in [6.07, 6.45) is 0. The summed E-state index contributed by atoms with van der Waals surface area (Å²) >= 11 is 5.13. The van der Waals surface area contributed by atoms with Crippen molar-refractivity contribution in [2.24, 2.45) is 5.73 Å². The number of para-hydroxylation sites is 2. The number of nitrogens with one attached hydrogen (secondary N) is 1. The fraction of sp³-hybridized carbons (Fsp3) is 0.188.